The van der Waals surface area contributed by atoms with Gasteiger partial charge in [0.15, 0.2) is 6.61 Å². The van der Waals surface area contributed by atoms with Crippen molar-refractivity contribution in [2.24, 2.45) is 5.92 Å². The van der Waals surface area contributed by atoms with E-state index in [1.165, 1.54) is 29.2 Å². The number of hydrogen-bond acceptors (Lipinski definition) is 3. The lowest BCUT2D eigenvalue weighted by Crippen LogP contribution is -2.52. The second kappa shape index (κ2) is 12.9. The fourth-order valence-corrected chi connectivity index (χ4v) is 3.74. The van der Waals surface area contributed by atoms with E-state index in [1.54, 1.807) is 6.07 Å². The number of amides is 2. The lowest BCUT2D eigenvalue weighted by molar-refractivity contribution is -0.142. The lowest BCUT2D eigenvalue weighted by atomic mass is 10.0. The van der Waals surface area contributed by atoms with Crippen molar-refractivity contribution in [3.63, 3.8) is 0 Å². The fourth-order valence-electron chi connectivity index (χ4n) is 3.55. The Balaban J connectivity index is 1.90. The first-order valence-electron chi connectivity index (χ1n) is 11.6. The summed E-state index contributed by atoms with van der Waals surface area (Å²) in [7, 11) is 0. The topological polar surface area (TPSA) is 58.6 Å². The molecular weight excluding hydrogens is 467 g/mol. The van der Waals surface area contributed by atoms with Crippen molar-refractivity contribution in [2.75, 3.05) is 13.2 Å². The van der Waals surface area contributed by atoms with Crippen LogP contribution in [0.25, 0.3) is 0 Å². The predicted molar refractivity (Wildman–Crippen MR) is 136 cm³/mol. The van der Waals surface area contributed by atoms with Crippen LogP contribution in [0.5, 0.6) is 5.75 Å². The summed E-state index contributed by atoms with van der Waals surface area (Å²) in [5, 5.41) is 3.48. The molecule has 184 valence electrons. The molecule has 0 aromatic heterocycles. The highest BCUT2D eigenvalue weighted by Gasteiger charge is 2.31. The van der Waals surface area contributed by atoms with Crippen molar-refractivity contribution in [3.8, 4) is 5.75 Å². The molecule has 0 aliphatic carbocycles. The summed E-state index contributed by atoms with van der Waals surface area (Å²) < 4.78 is 18.9. The van der Waals surface area contributed by atoms with Gasteiger partial charge in [0.25, 0.3) is 5.91 Å². The molecule has 5 nitrogen and oxygen atoms in total. The van der Waals surface area contributed by atoms with Gasteiger partial charge in [0.1, 0.15) is 17.6 Å². The minimum absolute atomic E-state index is 0.137. The molecule has 3 aromatic rings. The maximum absolute atomic E-state index is 13.5. The smallest absolute Gasteiger partial charge is 0.261 e. The quantitative estimate of drug-likeness (QED) is 0.393. The maximum Gasteiger partial charge on any atom is 0.261 e. The van der Waals surface area contributed by atoms with Gasteiger partial charge >= 0.3 is 0 Å². The van der Waals surface area contributed by atoms with Crippen LogP contribution >= 0.6 is 11.6 Å². The zero-order chi connectivity index (χ0) is 25.2. The Morgan fingerprint density at radius 3 is 2.29 bits per heavy atom. The van der Waals surface area contributed by atoms with E-state index >= 15 is 0 Å². The third-order valence-corrected chi connectivity index (χ3v) is 5.80. The van der Waals surface area contributed by atoms with E-state index in [0.29, 0.717) is 23.7 Å². The first-order chi connectivity index (χ1) is 16.8. The van der Waals surface area contributed by atoms with Gasteiger partial charge in [-0.2, -0.15) is 0 Å². The van der Waals surface area contributed by atoms with Gasteiger partial charge in [-0.05, 0) is 47.4 Å². The van der Waals surface area contributed by atoms with E-state index in [9.17, 15) is 14.0 Å². The Bertz CT molecular complexity index is 1110. The minimum atomic E-state index is -0.781. The summed E-state index contributed by atoms with van der Waals surface area (Å²) >= 11 is 6.40. The number of rotatable bonds is 11. The molecule has 3 aromatic carbocycles. The largest absolute Gasteiger partial charge is 0.484 e. The van der Waals surface area contributed by atoms with Crippen LogP contribution in [0.2, 0.25) is 5.02 Å². The highest BCUT2D eigenvalue weighted by molar-refractivity contribution is 6.31. The molecule has 0 radical (unpaired) electrons. The lowest BCUT2D eigenvalue weighted by Gasteiger charge is -2.32. The molecule has 2 amide bonds. The van der Waals surface area contributed by atoms with Crippen LogP contribution in [-0.4, -0.2) is 35.9 Å². The van der Waals surface area contributed by atoms with Crippen molar-refractivity contribution >= 4 is 23.4 Å². The maximum atomic E-state index is 13.5. The van der Waals surface area contributed by atoms with Gasteiger partial charge in [0.2, 0.25) is 5.91 Å². The zero-order valence-corrected chi connectivity index (χ0v) is 20.7. The van der Waals surface area contributed by atoms with Crippen LogP contribution in [-0.2, 0) is 22.6 Å². The first kappa shape index (κ1) is 26.2. The second-order valence-electron chi connectivity index (χ2n) is 8.70. The van der Waals surface area contributed by atoms with Crippen LogP contribution in [0.4, 0.5) is 4.39 Å². The van der Waals surface area contributed by atoms with Crippen molar-refractivity contribution in [1.82, 2.24) is 10.2 Å². The molecule has 0 bridgehead atoms. The van der Waals surface area contributed by atoms with E-state index < -0.39 is 11.9 Å². The SMILES string of the molecule is CC(C)CNC(=O)C(Cc1ccccc1)N(Cc1ccccc1Cl)C(=O)COc1ccc(F)cc1. The van der Waals surface area contributed by atoms with E-state index in [1.807, 2.05) is 62.4 Å². The van der Waals surface area contributed by atoms with E-state index in [4.69, 9.17) is 16.3 Å². The summed E-state index contributed by atoms with van der Waals surface area (Å²) in [6, 6.07) is 21.4. The summed E-state index contributed by atoms with van der Waals surface area (Å²) in [5.74, 6) is -0.402. The number of benzene rings is 3. The number of ether oxygens (including phenoxy) is 1. The summed E-state index contributed by atoms with van der Waals surface area (Å²) in [5.41, 5.74) is 1.65. The van der Waals surface area contributed by atoms with E-state index in [-0.39, 0.29) is 30.9 Å². The molecular formula is C28H30ClFN2O3. The van der Waals surface area contributed by atoms with Crippen molar-refractivity contribution in [1.29, 1.82) is 0 Å². The van der Waals surface area contributed by atoms with Crippen molar-refractivity contribution in [3.05, 3.63) is 101 Å². The van der Waals surface area contributed by atoms with Gasteiger partial charge in [0.05, 0.1) is 0 Å². The van der Waals surface area contributed by atoms with Gasteiger partial charge in [0, 0.05) is 24.5 Å². The monoisotopic (exact) mass is 496 g/mol. The standard InChI is InChI=1S/C28H30ClFN2O3/c1-20(2)17-31-28(34)26(16-21-8-4-3-5-9-21)32(18-22-10-6-7-11-25(22)29)27(33)19-35-24-14-12-23(30)13-15-24/h3-15,20,26H,16-19H2,1-2H3,(H,31,34). The third kappa shape index (κ3) is 8.11. The molecule has 0 spiro atoms. The Morgan fingerprint density at radius 2 is 1.63 bits per heavy atom. The molecule has 1 unspecified atom stereocenters. The molecule has 0 saturated carbocycles. The number of nitrogens with zero attached hydrogens (tertiary/aromatic N) is 1. The van der Waals surface area contributed by atoms with Gasteiger partial charge in [-0.15, -0.1) is 0 Å². The highest BCUT2D eigenvalue weighted by atomic mass is 35.5. The molecule has 35 heavy (non-hydrogen) atoms. The Labute approximate surface area is 210 Å². The fraction of sp³-hybridized carbons (Fsp3) is 0.286. The Morgan fingerprint density at radius 1 is 0.971 bits per heavy atom. The molecule has 0 saturated heterocycles. The van der Waals surface area contributed by atoms with Crippen molar-refractivity contribution < 1.29 is 18.7 Å². The molecule has 0 fully saturated rings. The van der Waals surface area contributed by atoms with E-state index in [0.717, 1.165) is 11.1 Å². The highest BCUT2D eigenvalue weighted by Crippen LogP contribution is 2.21. The number of hydrogen-bond donors (Lipinski definition) is 1. The average molecular weight is 497 g/mol. The minimum Gasteiger partial charge on any atom is -0.484 e. The average Bonchev–Trinajstić information content (AvgIpc) is 2.85. The van der Waals surface area contributed by atoms with Gasteiger partial charge < -0.3 is 15.0 Å². The number of halogens is 2. The predicted octanol–water partition coefficient (Wildman–Crippen LogP) is 5.27. The van der Waals surface area contributed by atoms with Gasteiger partial charge in [-0.25, -0.2) is 4.39 Å². The van der Waals surface area contributed by atoms with Gasteiger partial charge in [-0.1, -0.05) is 74.0 Å². The molecule has 0 aliphatic heterocycles. The normalized spacial score (nSPS) is 11.7. The van der Waals surface area contributed by atoms with Crippen LogP contribution in [0, 0.1) is 11.7 Å². The Kier molecular flexibility index (Phi) is 9.67. The number of carbonyl (C=O) groups excluding carboxylic acids is 2. The molecule has 1 N–H and O–H groups in total. The number of nitrogens with one attached hydrogen (secondary N) is 1. The molecule has 0 aliphatic rings. The van der Waals surface area contributed by atoms with Crippen molar-refractivity contribution in [2.45, 2.75) is 32.9 Å². The summed E-state index contributed by atoms with van der Waals surface area (Å²) in [4.78, 5) is 28.3. The first-order valence-corrected chi connectivity index (χ1v) is 11.9. The van der Waals surface area contributed by atoms with Crippen LogP contribution in [0.1, 0.15) is 25.0 Å². The van der Waals surface area contributed by atoms with Crippen LogP contribution in [0.15, 0.2) is 78.9 Å². The van der Waals surface area contributed by atoms with E-state index in [2.05, 4.69) is 5.32 Å². The van der Waals surface area contributed by atoms with Crippen LogP contribution in [0.3, 0.4) is 0 Å². The zero-order valence-electron chi connectivity index (χ0n) is 19.9. The Hall–Kier alpha value is -3.38. The molecule has 7 heteroatoms. The molecule has 3 rings (SSSR count). The molecule has 0 heterocycles. The third-order valence-electron chi connectivity index (χ3n) is 5.43. The summed E-state index contributed by atoms with van der Waals surface area (Å²) in [6.07, 6.45) is 0.331. The second-order valence-corrected chi connectivity index (χ2v) is 9.11. The van der Waals surface area contributed by atoms with Crippen LogP contribution < -0.4 is 10.1 Å². The van der Waals surface area contributed by atoms with Gasteiger partial charge in [-0.3, -0.25) is 9.59 Å². The molecule has 1 atom stereocenters. The number of carbonyl (C=O) groups is 2. The summed E-state index contributed by atoms with van der Waals surface area (Å²) in [6.45, 7) is 4.34.